The van der Waals surface area contributed by atoms with Crippen LogP contribution < -0.4 is 4.90 Å². The highest BCUT2D eigenvalue weighted by atomic mass is 16.5. The Hall–Kier alpha value is -1.55. The smallest absolute Gasteiger partial charge is 0.339 e. The van der Waals surface area contributed by atoms with E-state index in [9.17, 15) is 4.79 Å². The number of hydrogen-bond donors (Lipinski definition) is 0. The predicted molar refractivity (Wildman–Crippen MR) is 70.0 cm³/mol. The summed E-state index contributed by atoms with van der Waals surface area (Å²) in [5.74, 6) is 0.251. The number of para-hydroxylation sites is 1. The van der Waals surface area contributed by atoms with Crippen molar-refractivity contribution in [1.29, 1.82) is 0 Å². The Labute approximate surface area is 107 Å². The molecule has 1 fully saturated rings. The molecular formula is C14H19NO3. The second kappa shape index (κ2) is 5.87. The molecule has 0 spiro atoms. The van der Waals surface area contributed by atoms with E-state index in [1.54, 1.807) is 6.07 Å². The third kappa shape index (κ3) is 2.82. The van der Waals surface area contributed by atoms with Crippen molar-refractivity contribution in [3.63, 3.8) is 0 Å². The summed E-state index contributed by atoms with van der Waals surface area (Å²) in [6.07, 6.45) is 1.09. The van der Waals surface area contributed by atoms with Gasteiger partial charge in [-0.05, 0) is 18.6 Å². The molecule has 98 valence electrons. The van der Waals surface area contributed by atoms with Crippen molar-refractivity contribution in [3.8, 4) is 0 Å². The topological polar surface area (TPSA) is 38.8 Å². The third-order valence-corrected chi connectivity index (χ3v) is 3.28. The Bertz CT molecular complexity index is 413. The van der Waals surface area contributed by atoms with Gasteiger partial charge in [-0.25, -0.2) is 4.79 Å². The monoisotopic (exact) mass is 249 g/mol. The number of benzene rings is 1. The number of rotatable bonds is 4. The minimum absolute atomic E-state index is 0.292. The first kappa shape index (κ1) is 12.9. The Morgan fingerprint density at radius 2 is 2.28 bits per heavy atom. The molecule has 1 aliphatic heterocycles. The van der Waals surface area contributed by atoms with Crippen molar-refractivity contribution in [2.75, 3.05) is 38.8 Å². The van der Waals surface area contributed by atoms with Gasteiger partial charge < -0.3 is 14.4 Å². The lowest BCUT2D eigenvalue weighted by Gasteiger charge is -2.24. The summed E-state index contributed by atoms with van der Waals surface area (Å²) in [6.45, 7) is 2.55. The van der Waals surface area contributed by atoms with Crippen molar-refractivity contribution in [2.24, 2.45) is 5.92 Å². The second-order valence-electron chi connectivity index (χ2n) is 4.62. The minimum atomic E-state index is -0.292. The molecule has 1 aromatic rings. The van der Waals surface area contributed by atoms with E-state index in [1.807, 2.05) is 25.2 Å². The van der Waals surface area contributed by atoms with Gasteiger partial charge >= 0.3 is 5.97 Å². The zero-order chi connectivity index (χ0) is 13.0. The molecule has 0 aromatic heterocycles. The van der Waals surface area contributed by atoms with E-state index in [2.05, 4.69) is 4.90 Å². The van der Waals surface area contributed by atoms with Crippen molar-refractivity contribution >= 4 is 11.7 Å². The molecular weight excluding hydrogens is 230 g/mol. The number of carbonyl (C=O) groups is 1. The standard InChI is InChI=1S/C14H19NO3/c1-15(9-11-7-8-18-10-11)13-6-4-3-5-12(13)14(16)17-2/h3-6,11H,7-10H2,1-2H3. The number of hydrogen-bond acceptors (Lipinski definition) is 4. The molecule has 1 aromatic carbocycles. The lowest BCUT2D eigenvalue weighted by Crippen LogP contribution is -2.27. The van der Waals surface area contributed by atoms with Crippen LogP contribution in [0.2, 0.25) is 0 Å². The van der Waals surface area contributed by atoms with Crippen LogP contribution in [0.25, 0.3) is 0 Å². The Balaban J connectivity index is 2.13. The minimum Gasteiger partial charge on any atom is -0.465 e. The molecule has 0 N–H and O–H groups in total. The molecule has 0 bridgehead atoms. The lowest BCUT2D eigenvalue weighted by atomic mass is 10.1. The number of ether oxygens (including phenoxy) is 2. The van der Waals surface area contributed by atoms with E-state index in [0.29, 0.717) is 11.5 Å². The lowest BCUT2D eigenvalue weighted by molar-refractivity contribution is 0.0601. The van der Waals surface area contributed by atoms with Gasteiger partial charge in [0, 0.05) is 26.1 Å². The van der Waals surface area contributed by atoms with Crippen LogP contribution in [0, 0.1) is 5.92 Å². The van der Waals surface area contributed by atoms with Gasteiger partial charge in [-0.2, -0.15) is 0 Å². The van der Waals surface area contributed by atoms with Crippen LogP contribution in [0.5, 0.6) is 0 Å². The summed E-state index contributed by atoms with van der Waals surface area (Å²) >= 11 is 0. The summed E-state index contributed by atoms with van der Waals surface area (Å²) in [5, 5.41) is 0. The average Bonchev–Trinajstić information content (AvgIpc) is 2.90. The van der Waals surface area contributed by atoms with Gasteiger partial charge in [0.15, 0.2) is 0 Å². The molecule has 0 aliphatic carbocycles. The molecule has 1 atom stereocenters. The van der Waals surface area contributed by atoms with Crippen LogP contribution in [0.4, 0.5) is 5.69 Å². The largest absolute Gasteiger partial charge is 0.465 e. The van der Waals surface area contributed by atoms with Crippen molar-refractivity contribution in [2.45, 2.75) is 6.42 Å². The molecule has 0 amide bonds. The second-order valence-corrected chi connectivity index (χ2v) is 4.62. The fourth-order valence-electron chi connectivity index (χ4n) is 2.30. The molecule has 1 unspecified atom stereocenters. The first-order chi connectivity index (χ1) is 8.72. The molecule has 4 heteroatoms. The van der Waals surface area contributed by atoms with Gasteiger partial charge in [0.25, 0.3) is 0 Å². The van der Waals surface area contributed by atoms with E-state index in [-0.39, 0.29) is 5.97 Å². The van der Waals surface area contributed by atoms with Gasteiger partial charge in [-0.3, -0.25) is 0 Å². The van der Waals surface area contributed by atoms with E-state index >= 15 is 0 Å². The van der Waals surface area contributed by atoms with Crippen LogP contribution in [-0.4, -0.2) is 39.9 Å². The highest BCUT2D eigenvalue weighted by Gasteiger charge is 2.20. The maximum Gasteiger partial charge on any atom is 0.339 e. The number of anilines is 1. The quantitative estimate of drug-likeness (QED) is 0.764. The van der Waals surface area contributed by atoms with Crippen molar-refractivity contribution < 1.29 is 14.3 Å². The van der Waals surface area contributed by atoms with Crippen molar-refractivity contribution in [1.82, 2.24) is 0 Å². The first-order valence-corrected chi connectivity index (χ1v) is 6.18. The van der Waals surface area contributed by atoms with Gasteiger partial charge in [-0.15, -0.1) is 0 Å². The van der Waals surface area contributed by atoms with Crippen LogP contribution in [0.15, 0.2) is 24.3 Å². The highest BCUT2D eigenvalue weighted by molar-refractivity contribution is 5.95. The SMILES string of the molecule is COC(=O)c1ccccc1N(C)CC1CCOC1. The number of carbonyl (C=O) groups excluding carboxylic acids is 1. The average molecular weight is 249 g/mol. The molecule has 1 saturated heterocycles. The van der Waals surface area contributed by atoms with Crippen LogP contribution in [-0.2, 0) is 9.47 Å². The summed E-state index contributed by atoms with van der Waals surface area (Å²) in [5.41, 5.74) is 1.53. The Kier molecular flexibility index (Phi) is 4.20. The van der Waals surface area contributed by atoms with Gasteiger partial charge in [-0.1, -0.05) is 12.1 Å². The Morgan fingerprint density at radius 1 is 1.50 bits per heavy atom. The summed E-state index contributed by atoms with van der Waals surface area (Å²) in [6, 6.07) is 7.52. The maximum absolute atomic E-state index is 11.7. The van der Waals surface area contributed by atoms with E-state index < -0.39 is 0 Å². The Morgan fingerprint density at radius 3 is 2.94 bits per heavy atom. The molecule has 0 radical (unpaired) electrons. The fraction of sp³-hybridized carbons (Fsp3) is 0.500. The van der Waals surface area contributed by atoms with Gasteiger partial charge in [0.1, 0.15) is 0 Å². The number of methoxy groups -OCH3 is 1. The number of nitrogens with zero attached hydrogens (tertiary/aromatic N) is 1. The van der Waals surface area contributed by atoms with Crippen LogP contribution >= 0.6 is 0 Å². The summed E-state index contributed by atoms with van der Waals surface area (Å²) < 4.78 is 10.2. The van der Waals surface area contributed by atoms with Gasteiger partial charge in [0.2, 0.25) is 0 Å². The molecule has 18 heavy (non-hydrogen) atoms. The predicted octanol–water partition coefficient (Wildman–Crippen LogP) is 1.95. The zero-order valence-electron chi connectivity index (χ0n) is 10.9. The third-order valence-electron chi connectivity index (χ3n) is 3.28. The highest BCUT2D eigenvalue weighted by Crippen LogP contribution is 2.23. The van der Waals surface area contributed by atoms with Crippen LogP contribution in [0.3, 0.4) is 0 Å². The normalized spacial score (nSPS) is 18.7. The van der Waals surface area contributed by atoms with E-state index in [4.69, 9.17) is 9.47 Å². The molecule has 4 nitrogen and oxygen atoms in total. The molecule has 2 rings (SSSR count). The summed E-state index contributed by atoms with van der Waals surface area (Å²) in [7, 11) is 3.41. The zero-order valence-corrected chi connectivity index (χ0v) is 10.9. The van der Waals surface area contributed by atoms with Crippen molar-refractivity contribution in [3.05, 3.63) is 29.8 Å². The molecule has 0 saturated carbocycles. The molecule has 1 aliphatic rings. The van der Waals surface area contributed by atoms with Gasteiger partial charge in [0.05, 0.1) is 25.0 Å². The first-order valence-electron chi connectivity index (χ1n) is 6.18. The number of esters is 1. The van der Waals surface area contributed by atoms with E-state index in [0.717, 1.165) is 31.9 Å². The fourth-order valence-corrected chi connectivity index (χ4v) is 2.30. The van der Waals surface area contributed by atoms with Crippen LogP contribution in [0.1, 0.15) is 16.8 Å². The molecule has 1 heterocycles. The van der Waals surface area contributed by atoms with E-state index in [1.165, 1.54) is 7.11 Å². The summed E-state index contributed by atoms with van der Waals surface area (Å²) in [4.78, 5) is 13.8. The maximum atomic E-state index is 11.7.